The van der Waals surface area contributed by atoms with Crippen LogP contribution in [0.3, 0.4) is 0 Å². The van der Waals surface area contributed by atoms with E-state index in [4.69, 9.17) is 9.26 Å². The Bertz CT molecular complexity index is 830. The number of aryl methyl sites for hydroxylation is 2. The van der Waals surface area contributed by atoms with Crippen molar-refractivity contribution >= 4 is 11.9 Å². The average molecular weight is 363 g/mol. The molecule has 1 amide bonds. The zero-order valence-electron chi connectivity index (χ0n) is 14.1. The van der Waals surface area contributed by atoms with E-state index in [2.05, 4.69) is 15.5 Å². The third kappa shape index (κ3) is 3.72. The first-order valence-corrected chi connectivity index (χ1v) is 8.11. The number of carbonyl (C=O) groups is 2. The molecule has 0 spiro atoms. The Morgan fingerprint density at radius 3 is 2.88 bits per heavy atom. The van der Waals surface area contributed by atoms with Crippen molar-refractivity contribution in [1.82, 2.24) is 15.5 Å². The van der Waals surface area contributed by atoms with Gasteiger partial charge in [0.2, 0.25) is 17.6 Å². The van der Waals surface area contributed by atoms with Crippen LogP contribution in [0.15, 0.2) is 22.7 Å². The number of halogens is 1. The number of hydrogen-bond donors (Lipinski definition) is 2. The molecule has 1 fully saturated rings. The van der Waals surface area contributed by atoms with E-state index in [-0.39, 0.29) is 50.0 Å². The Kier molecular flexibility index (Phi) is 4.99. The Labute approximate surface area is 148 Å². The SMILES string of the molecule is Cc1ccc(-c2noc(CCC(=O)NC3(C(=O)O)CCOC3)n2)cc1F. The molecule has 3 rings (SSSR count). The number of benzene rings is 1. The maximum absolute atomic E-state index is 13.6. The highest BCUT2D eigenvalue weighted by Gasteiger charge is 2.43. The number of rotatable bonds is 6. The van der Waals surface area contributed by atoms with Crippen molar-refractivity contribution in [2.45, 2.75) is 31.7 Å². The zero-order chi connectivity index (χ0) is 18.7. The molecule has 1 aliphatic rings. The van der Waals surface area contributed by atoms with Crippen LogP contribution in [0.2, 0.25) is 0 Å². The number of aliphatic carboxylic acids is 1. The molecule has 1 aromatic heterocycles. The van der Waals surface area contributed by atoms with Gasteiger partial charge in [0.25, 0.3) is 0 Å². The lowest BCUT2D eigenvalue weighted by atomic mass is 9.98. The number of nitrogens with zero attached hydrogens (tertiary/aromatic N) is 2. The van der Waals surface area contributed by atoms with E-state index in [1.165, 1.54) is 6.07 Å². The van der Waals surface area contributed by atoms with Crippen LogP contribution in [0.4, 0.5) is 4.39 Å². The molecule has 1 aliphatic heterocycles. The summed E-state index contributed by atoms with van der Waals surface area (Å²) in [4.78, 5) is 27.6. The Morgan fingerprint density at radius 2 is 2.23 bits per heavy atom. The number of ether oxygens (including phenoxy) is 1. The number of amides is 1. The average Bonchev–Trinajstić information content (AvgIpc) is 3.26. The van der Waals surface area contributed by atoms with Crippen LogP contribution in [0.1, 0.15) is 24.3 Å². The van der Waals surface area contributed by atoms with E-state index in [0.717, 1.165) is 0 Å². The van der Waals surface area contributed by atoms with Crippen molar-refractivity contribution in [3.63, 3.8) is 0 Å². The summed E-state index contributed by atoms with van der Waals surface area (Å²) in [5, 5.41) is 15.6. The van der Waals surface area contributed by atoms with Crippen molar-refractivity contribution in [2.24, 2.45) is 0 Å². The van der Waals surface area contributed by atoms with Crippen LogP contribution in [0.25, 0.3) is 11.4 Å². The molecule has 0 bridgehead atoms. The number of aromatic nitrogens is 2. The highest BCUT2D eigenvalue weighted by Crippen LogP contribution is 2.21. The summed E-state index contributed by atoms with van der Waals surface area (Å²) in [5.41, 5.74) is -0.394. The van der Waals surface area contributed by atoms with Gasteiger partial charge in [0, 0.05) is 31.4 Å². The number of carboxylic acids is 1. The molecule has 9 heteroatoms. The van der Waals surface area contributed by atoms with Crippen LogP contribution < -0.4 is 5.32 Å². The normalized spacial score (nSPS) is 19.5. The van der Waals surface area contributed by atoms with E-state index in [0.29, 0.717) is 11.1 Å². The molecule has 0 radical (unpaired) electrons. The van der Waals surface area contributed by atoms with Gasteiger partial charge in [0.1, 0.15) is 5.82 Å². The van der Waals surface area contributed by atoms with Gasteiger partial charge in [-0.1, -0.05) is 17.3 Å². The Hall–Kier alpha value is -2.81. The summed E-state index contributed by atoms with van der Waals surface area (Å²) >= 11 is 0. The second-order valence-corrected chi connectivity index (χ2v) is 6.21. The lowest BCUT2D eigenvalue weighted by Gasteiger charge is -2.23. The number of nitrogens with one attached hydrogen (secondary N) is 1. The maximum atomic E-state index is 13.6. The molecule has 0 saturated carbocycles. The minimum absolute atomic E-state index is 0.0150. The molecule has 1 unspecified atom stereocenters. The van der Waals surface area contributed by atoms with Gasteiger partial charge in [0.15, 0.2) is 5.54 Å². The minimum Gasteiger partial charge on any atom is -0.479 e. The summed E-state index contributed by atoms with van der Waals surface area (Å²) in [5.74, 6) is -1.50. The number of carbonyl (C=O) groups excluding carboxylic acids is 1. The predicted octanol–water partition coefficient (Wildman–Crippen LogP) is 1.48. The van der Waals surface area contributed by atoms with Gasteiger partial charge in [-0.15, -0.1) is 0 Å². The Balaban J connectivity index is 1.60. The highest BCUT2D eigenvalue weighted by molar-refractivity contribution is 5.87. The van der Waals surface area contributed by atoms with E-state index in [1.54, 1.807) is 19.1 Å². The first-order valence-electron chi connectivity index (χ1n) is 8.11. The van der Waals surface area contributed by atoms with Crippen LogP contribution in [0.5, 0.6) is 0 Å². The van der Waals surface area contributed by atoms with Gasteiger partial charge in [-0.25, -0.2) is 9.18 Å². The van der Waals surface area contributed by atoms with Crippen molar-refractivity contribution in [1.29, 1.82) is 0 Å². The molecule has 8 nitrogen and oxygen atoms in total. The predicted molar refractivity (Wildman–Crippen MR) is 86.7 cm³/mol. The first kappa shape index (κ1) is 18.0. The zero-order valence-corrected chi connectivity index (χ0v) is 14.1. The molecule has 2 heterocycles. The van der Waals surface area contributed by atoms with Crippen LogP contribution >= 0.6 is 0 Å². The molecule has 0 aliphatic carbocycles. The summed E-state index contributed by atoms with van der Waals surface area (Å²) in [6.45, 7) is 1.88. The van der Waals surface area contributed by atoms with Crippen molar-refractivity contribution in [3.05, 3.63) is 35.5 Å². The van der Waals surface area contributed by atoms with Crippen LogP contribution in [-0.4, -0.2) is 45.9 Å². The molecule has 138 valence electrons. The molecule has 2 aromatic rings. The van der Waals surface area contributed by atoms with Crippen molar-refractivity contribution in [3.8, 4) is 11.4 Å². The largest absolute Gasteiger partial charge is 0.479 e. The highest BCUT2D eigenvalue weighted by atomic mass is 19.1. The van der Waals surface area contributed by atoms with E-state index < -0.39 is 17.4 Å². The topological polar surface area (TPSA) is 115 Å². The van der Waals surface area contributed by atoms with Gasteiger partial charge in [-0.2, -0.15) is 4.98 Å². The third-order valence-electron chi connectivity index (χ3n) is 4.27. The third-order valence-corrected chi connectivity index (χ3v) is 4.27. The second kappa shape index (κ2) is 7.20. The molecule has 1 saturated heterocycles. The summed E-state index contributed by atoms with van der Waals surface area (Å²) in [6.07, 6.45) is 0.348. The first-order chi connectivity index (χ1) is 12.4. The van der Waals surface area contributed by atoms with E-state index >= 15 is 0 Å². The second-order valence-electron chi connectivity index (χ2n) is 6.21. The lowest BCUT2D eigenvalue weighted by molar-refractivity contribution is -0.147. The van der Waals surface area contributed by atoms with Gasteiger partial charge < -0.3 is 19.7 Å². The molecular weight excluding hydrogens is 345 g/mol. The van der Waals surface area contributed by atoms with Crippen LogP contribution in [-0.2, 0) is 20.7 Å². The van der Waals surface area contributed by atoms with Gasteiger partial charge in [-0.3, -0.25) is 4.79 Å². The van der Waals surface area contributed by atoms with Crippen LogP contribution in [0, 0.1) is 12.7 Å². The number of carboxylic acid groups (broad SMARTS) is 1. The summed E-state index contributed by atoms with van der Waals surface area (Å²) in [6, 6.07) is 4.60. The number of hydrogen-bond acceptors (Lipinski definition) is 6. The van der Waals surface area contributed by atoms with Gasteiger partial charge in [-0.05, 0) is 18.6 Å². The van der Waals surface area contributed by atoms with Crippen molar-refractivity contribution in [2.75, 3.05) is 13.2 Å². The molecule has 1 atom stereocenters. The lowest BCUT2D eigenvalue weighted by Crippen LogP contribution is -2.55. The van der Waals surface area contributed by atoms with E-state index in [9.17, 15) is 19.1 Å². The molecular formula is C17H18FN3O5. The fraction of sp³-hybridized carbons (Fsp3) is 0.412. The maximum Gasteiger partial charge on any atom is 0.331 e. The van der Waals surface area contributed by atoms with Gasteiger partial charge >= 0.3 is 5.97 Å². The molecule has 2 N–H and O–H groups in total. The molecule has 26 heavy (non-hydrogen) atoms. The summed E-state index contributed by atoms with van der Waals surface area (Å²) < 4.78 is 23.8. The standard InChI is InChI=1S/C17H18FN3O5/c1-10-2-3-11(8-12(10)18)15-19-14(26-21-15)5-4-13(22)20-17(16(23)24)6-7-25-9-17/h2-3,8H,4-7,9H2,1H3,(H,20,22)(H,23,24). The molecule has 1 aromatic carbocycles. The van der Waals surface area contributed by atoms with E-state index in [1.807, 2.05) is 0 Å². The fourth-order valence-corrected chi connectivity index (χ4v) is 2.64. The smallest absolute Gasteiger partial charge is 0.331 e. The minimum atomic E-state index is -1.38. The van der Waals surface area contributed by atoms with Crippen molar-refractivity contribution < 1.29 is 28.3 Å². The fourth-order valence-electron chi connectivity index (χ4n) is 2.64. The van der Waals surface area contributed by atoms with Gasteiger partial charge in [0.05, 0.1) is 6.61 Å². The monoisotopic (exact) mass is 363 g/mol. The Morgan fingerprint density at radius 1 is 1.42 bits per heavy atom. The quantitative estimate of drug-likeness (QED) is 0.799. The summed E-state index contributed by atoms with van der Waals surface area (Å²) in [7, 11) is 0.